The van der Waals surface area contributed by atoms with Gasteiger partial charge in [0, 0.05) is 18.8 Å². The van der Waals surface area contributed by atoms with Crippen LogP contribution in [0.5, 0.6) is 0 Å². The number of hydrogen-bond acceptors (Lipinski definition) is 5. The van der Waals surface area contributed by atoms with Gasteiger partial charge in [-0.05, 0) is 19.1 Å². The molecule has 7 heteroatoms. The molecule has 1 rings (SSSR count). The second kappa shape index (κ2) is 6.33. The highest BCUT2D eigenvalue weighted by Crippen LogP contribution is 2.08. The Morgan fingerprint density at radius 2 is 2.17 bits per heavy atom. The molecule has 0 atom stereocenters. The summed E-state index contributed by atoms with van der Waals surface area (Å²) in [5.41, 5.74) is 1.21. The van der Waals surface area contributed by atoms with Gasteiger partial charge in [-0.2, -0.15) is 5.26 Å². The molecule has 18 heavy (non-hydrogen) atoms. The van der Waals surface area contributed by atoms with Crippen LogP contribution < -0.4 is 10.0 Å². The third-order valence-corrected chi connectivity index (χ3v) is 3.59. The minimum Gasteiger partial charge on any atom is -0.369 e. The van der Waals surface area contributed by atoms with Gasteiger partial charge in [0.15, 0.2) is 0 Å². The van der Waals surface area contributed by atoms with Crippen LogP contribution in [0.25, 0.3) is 0 Å². The number of pyridine rings is 1. The Bertz CT molecular complexity index is 549. The Morgan fingerprint density at radius 1 is 1.44 bits per heavy atom. The highest BCUT2D eigenvalue weighted by atomic mass is 32.2. The van der Waals surface area contributed by atoms with E-state index in [9.17, 15) is 8.42 Å². The molecule has 1 aromatic rings. The van der Waals surface area contributed by atoms with Crippen LogP contribution in [0.2, 0.25) is 0 Å². The predicted octanol–water partition coefficient (Wildman–Crippen LogP) is 0.613. The molecule has 98 valence electrons. The summed E-state index contributed by atoms with van der Waals surface area (Å²) in [6, 6.07) is 5.28. The van der Waals surface area contributed by atoms with Crippen LogP contribution >= 0.6 is 0 Å². The average Bonchev–Trinajstić information content (AvgIpc) is 2.27. The standard InChI is InChI=1S/C11H16N4O2S/c1-3-14-18(16,17)5-4-13-11-7-10(8-12)6-9(2)15-11/h6-7,14H,3-5H2,1-2H3,(H,13,15). The van der Waals surface area contributed by atoms with Crippen molar-refractivity contribution in [2.75, 3.05) is 24.2 Å². The lowest BCUT2D eigenvalue weighted by Crippen LogP contribution is -2.29. The number of aromatic nitrogens is 1. The lowest BCUT2D eigenvalue weighted by Gasteiger charge is -2.07. The van der Waals surface area contributed by atoms with Crippen molar-refractivity contribution in [1.82, 2.24) is 9.71 Å². The van der Waals surface area contributed by atoms with Gasteiger partial charge in [0.1, 0.15) is 5.82 Å². The molecule has 6 nitrogen and oxygen atoms in total. The summed E-state index contributed by atoms with van der Waals surface area (Å²) in [5, 5.41) is 11.7. The summed E-state index contributed by atoms with van der Waals surface area (Å²) in [6.07, 6.45) is 0. The monoisotopic (exact) mass is 268 g/mol. The van der Waals surface area contributed by atoms with Crippen LogP contribution in [-0.4, -0.2) is 32.2 Å². The number of rotatable bonds is 6. The maximum atomic E-state index is 11.4. The van der Waals surface area contributed by atoms with Crippen LogP contribution in [0.3, 0.4) is 0 Å². The van der Waals surface area contributed by atoms with E-state index in [1.165, 1.54) is 0 Å². The third kappa shape index (κ3) is 4.69. The molecule has 1 aromatic heterocycles. The number of nitrogens with one attached hydrogen (secondary N) is 2. The highest BCUT2D eigenvalue weighted by molar-refractivity contribution is 7.89. The largest absolute Gasteiger partial charge is 0.369 e. The second-order valence-corrected chi connectivity index (χ2v) is 5.66. The molecule has 0 aliphatic heterocycles. The van der Waals surface area contributed by atoms with E-state index in [1.54, 1.807) is 26.0 Å². The summed E-state index contributed by atoms with van der Waals surface area (Å²) in [6.45, 7) is 4.13. The maximum Gasteiger partial charge on any atom is 0.213 e. The number of sulfonamides is 1. The molecule has 0 unspecified atom stereocenters. The first-order chi connectivity index (χ1) is 8.46. The Morgan fingerprint density at radius 3 is 2.78 bits per heavy atom. The fraction of sp³-hybridized carbons (Fsp3) is 0.455. The maximum absolute atomic E-state index is 11.4. The number of aryl methyl sites for hydroxylation is 1. The van der Waals surface area contributed by atoms with Gasteiger partial charge in [0.2, 0.25) is 10.0 Å². The lowest BCUT2D eigenvalue weighted by atomic mass is 10.2. The van der Waals surface area contributed by atoms with Gasteiger partial charge >= 0.3 is 0 Å². The van der Waals surface area contributed by atoms with Crippen molar-refractivity contribution in [2.24, 2.45) is 0 Å². The predicted molar refractivity (Wildman–Crippen MR) is 69.6 cm³/mol. The van der Waals surface area contributed by atoms with Crippen molar-refractivity contribution in [1.29, 1.82) is 5.26 Å². The second-order valence-electron chi connectivity index (χ2n) is 3.74. The average molecular weight is 268 g/mol. The molecule has 0 radical (unpaired) electrons. The SMILES string of the molecule is CCNS(=O)(=O)CCNc1cc(C#N)cc(C)n1. The van der Waals surface area contributed by atoms with E-state index in [2.05, 4.69) is 15.0 Å². The van der Waals surface area contributed by atoms with E-state index in [0.29, 0.717) is 23.6 Å². The molecule has 2 N–H and O–H groups in total. The first kappa shape index (κ1) is 14.4. The molecule has 0 aliphatic rings. The number of anilines is 1. The van der Waals surface area contributed by atoms with Crippen molar-refractivity contribution in [3.8, 4) is 6.07 Å². The van der Waals surface area contributed by atoms with Crippen molar-refractivity contribution in [3.63, 3.8) is 0 Å². The van der Waals surface area contributed by atoms with Gasteiger partial charge in [-0.3, -0.25) is 0 Å². The topological polar surface area (TPSA) is 94.9 Å². The van der Waals surface area contributed by atoms with E-state index in [-0.39, 0.29) is 12.3 Å². The van der Waals surface area contributed by atoms with Crippen LogP contribution in [0.15, 0.2) is 12.1 Å². The lowest BCUT2D eigenvalue weighted by molar-refractivity contribution is 0.584. The fourth-order valence-corrected chi connectivity index (χ4v) is 2.38. The van der Waals surface area contributed by atoms with E-state index in [4.69, 9.17) is 5.26 Å². The van der Waals surface area contributed by atoms with E-state index < -0.39 is 10.0 Å². The van der Waals surface area contributed by atoms with E-state index >= 15 is 0 Å². The summed E-state index contributed by atoms with van der Waals surface area (Å²) in [7, 11) is -3.23. The van der Waals surface area contributed by atoms with Gasteiger partial charge in [0.05, 0.1) is 17.4 Å². The highest BCUT2D eigenvalue weighted by Gasteiger charge is 2.08. The van der Waals surface area contributed by atoms with Crippen LogP contribution in [0, 0.1) is 18.3 Å². The first-order valence-corrected chi connectivity index (χ1v) is 7.22. The number of nitrogens with zero attached hydrogens (tertiary/aromatic N) is 2. The van der Waals surface area contributed by atoms with Crippen LogP contribution in [-0.2, 0) is 10.0 Å². The Labute approximate surface area is 107 Å². The van der Waals surface area contributed by atoms with Crippen molar-refractivity contribution >= 4 is 15.8 Å². The summed E-state index contributed by atoms with van der Waals surface area (Å²) in [5.74, 6) is 0.483. The minimum absolute atomic E-state index is 0.0294. The Hall–Kier alpha value is -1.65. The number of hydrogen-bond donors (Lipinski definition) is 2. The zero-order valence-electron chi connectivity index (χ0n) is 10.4. The Balaban J connectivity index is 2.60. The normalized spacial score (nSPS) is 10.9. The minimum atomic E-state index is -3.23. The Kier molecular flexibility index (Phi) is 5.07. The molecule has 0 aromatic carbocycles. The van der Waals surface area contributed by atoms with Crippen molar-refractivity contribution < 1.29 is 8.42 Å². The van der Waals surface area contributed by atoms with Crippen LogP contribution in [0.1, 0.15) is 18.2 Å². The smallest absolute Gasteiger partial charge is 0.213 e. The van der Waals surface area contributed by atoms with Gasteiger partial charge in [-0.1, -0.05) is 6.92 Å². The molecule has 0 amide bonds. The van der Waals surface area contributed by atoms with Crippen LogP contribution in [0.4, 0.5) is 5.82 Å². The molecule has 0 aliphatic carbocycles. The molecule has 0 fully saturated rings. The van der Waals surface area contributed by atoms with E-state index in [0.717, 1.165) is 0 Å². The first-order valence-electron chi connectivity index (χ1n) is 5.57. The van der Waals surface area contributed by atoms with Gasteiger partial charge in [-0.25, -0.2) is 18.1 Å². The van der Waals surface area contributed by atoms with Gasteiger partial charge in [0.25, 0.3) is 0 Å². The molecule has 0 bridgehead atoms. The van der Waals surface area contributed by atoms with Gasteiger partial charge in [-0.15, -0.1) is 0 Å². The zero-order valence-corrected chi connectivity index (χ0v) is 11.2. The van der Waals surface area contributed by atoms with Crippen molar-refractivity contribution in [2.45, 2.75) is 13.8 Å². The fourth-order valence-electron chi connectivity index (χ4n) is 1.43. The third-order valence-electron chi connectivity index (χ3n) is 2.12. The summed E-state index contributed by atoms with van der Waals surface area (Å²) < 4.78 is 25.2. The molecular weight excluding hydrogens is 252 g/mol. The zero-order chi connectivity index (χ0) is 13.6. The van der Waals surface area contributed by atoms with Gasteiger partial charge < -0.3 is 5.32 Å². The molecular formula is C11H16N4O2S. The van der Waals surface area contributed by atoms with Crippen molar-refractivity contribution in [3.05, 3.63) is 23.4 Å². The molecule has 1 heterocycles. The summed E-state index contributed by atoms with van der Waals surface area (Å²) in [4.78, 5) is 4.17. The summed E-state index contributed by atoms with van der Waals surface area (Å²) >= 11 is 0. The molecule has 0 spiro atoms. The molecule has 0 saturated carbocycles. The van der Waals surface area contributed by atoms with E-state index in [1.807, 2.05) is 6.07 Å². The quantitative estimate of drug-likeness (QED) is 0.788. The molecule has 0 saturated heterocycles. The number of nitriles is 1.